The summed E-state index contributed by atoms with van der Waals surface area (Å²) in [6.45, 7) is 5.38. The summed E-state index contributed by atoms with van der Waals surface area (Å²) in [4.78, 5) is 20.6. The highest BCUT2D eigenvalue weighted by atomic mass is 19.1. The average Bonchev–Trinajstić information content (AvgIpc) is 2.98. The Morgan fingerprint density at radius 2 is 2.08 bits per heavy atom. The molecule has 24 heavy (non-hydrogen) atoms. The van der Waals surface area contributed by atoms with Gasteiger partial charge in [-0.05, 0) is 24.1 Å². The molecule has 7 heteroatoms. The Hall–Kier alpha value is -2.28. The van der Waals surface area contributed by atoms with Crippen molar-refractivity contribution in [1.82, 2.24) is 19.9 Å². The first-order chi connectivity index (χ1) is 11.6. The highest BCUT2D eigenvalue weighted by Crippen LogP contribution is 2.11. The van der Waals surface area contributed by atoms with Gasteiger partial charge in [-0.2, -0.15) is 4.98 Å². The summed E-state index contributed by atoms with van der Waals surface area (Å²) < 4.78 is 18.1. The van der Waals surface area contributed by atoms with Crippen LogP contribution in [0.15, 0.2) is 28.8 Å². The molecule has 1 fully saturated rings. The molecule has 0 aliphatic carbocycles. The highest BCUT2D eigenvalue weighted by molar-refractivity contribution is 5.76. The zero-order valence-electron chi connectivity index (χ0n) is 13.7. The summed E-state index contributed by atoms with van der Waals surface area (Å²) >= 11 is 0. The van der Waals surface area contributed by atoms with Crippen molar-refractivity contribution in [3.05, 3.63) is 47.4 Å². The number of carbonyl (C=O) groups is 1. The first-order valence-electron chi connectivity index (χ1n) is 8.14. The van der Waals surface area contributed by atoms with Crippen LogP contribution in [0, 0.1) is 12.7 Å². The lowest BCUT2D eigenvalue weighted by molar-refractivity contribution is -0.133. The SMILES string of the molecule is Cc1nc(CN2CCN(C(=O)CCc3cccc(F)c3)CC2)no1. The molecule has 1 aromatic carbocycles. The molecule has 1 aromatic heterocycles. The number of aromatic nitrogens is 2. The molecule has 3 rings (SSSR count). The minimum atomic E-state index is -0.259. The van der Waals surface area contributed by atoms with E-state index in [1.54, 1.807) is 13.0 Å². The Kier molecular flexibility index (Phi) is 5.20. The zero-order chi connectivity index (χ0) is 16.9. The van der Waals surface area contributed by atoms with Crippen molar-refractivity contribution in [2.24, 2.45) is 0 Å². The quantitative estimate of drug-likeness (QED) is 0.835. The second-order valence-corrected chi connectivity index (χ2v) is 6.02. The Balaban J connectivity index is 1.43. The van der Waals surface area contributed by atoms with Gasteiger partial charge in [-0.1, -0.05) is 17.3 Å². The molecule has 0 saturated carbocycles. The second-order valence-electron chi connectivity index (χ2n) is 6.02. The van der Waals surface area contributed by atoms with Crippen molar-refractivity contribution in [2.75, 3.05) is 26.2 Å². The number of amides is 1. The molecule has 2 heterocycles. The van der Waals surface area contributed by atoms with Crippen LogP contribution >= 0.6 is 0 Å². The average molecular weight is 332 g/mol. The van der Waals surface area contributed by atoms with Gasteiger partial charge in [-0.15, -0.1) is 0 Å². The standard InChI is InChI=1S/C17H21FN4O2/c1-13-19-16(20-24-13)12-21-7-9-22(10-8-21)17(23)6-5-14-3-2-4-15(18)11-14/h2-4,11H,5-10,12H2,1H3. The van der Waals surface area contributed by atoms with Crippen LogP contribution in [-0.2, 0) is 17.8 Å². The molecule has 1 aliphatic rings. The van der Waals surface area contributed by atoms with Crippen LogP contribution in [0.3, 0.4) is 0 Å². The third-order valence-electron chi connectivity index (χ3n) is 4.18. The molecular formula is C17H21FN4O2. The second kappa shape index (κ2) is 7.53. The molecule has 1 saturated heterocycles. The normalized spacial score (nSPS) is 15.7. The van der Waals surface area contributed by atoms with Crippen molar-refractivity contribution < 1.29 is 13.7 Å². The van der Waals surface area contributed by atoms with E-state index in [1.807, 2.05) is 11.0 Å². The molecule has 0 atom stereocenters. The number of carbonyl (C=O) groups excluding carboxylic acids is 1. The summed E-state index contributed by atoms with van der Waals surface area (Å²) in [6.07, 6.45) is 0.979. The maximum Gasteiger partial charge on any atom is 0.223 e. The number of piperazine rings is 1. The van der Waals surface area contributed by atoms with Crippen molar-refractivity contribution in [3.63, 3.8) is 0 Å². The first-order valence-corrected chi connectivity index (χ1v) is 8.14. The summed E-state index contributed by atoms with van der Waals surface area (Å²) in [5.41, 5.74) is 0.856. The van der Waals surface area contributed by atoms with E-state index in [1.165, 1.54) is 12.1 Å². The van der Waals surface area contributed by atoms with Crippen LogP contribution in [0.5, 0.6) is 0 Å². The van der Waals surface area contributed by atoms with Gasteiger partial charge in [0.05, 0.1) is 6.54 Å². The van der Waals surface area contributed by atoms with Crippen molar-refractivity contribution >= 4 is 5.91 Å². The van der Waals surface area contributed by atoms with Gasteiger partial charge in [0, 0.05) is 39.5 Å². The van der Waals surface area contributed by atoms with Gasteiger partial charge >= 0.3 is 0 Å². The van der Waals surface area contributed by atoms with Gasteiger partial charge < -0.3 is 9.42 Å². The molecule has 128 valence electrons. The first kappa shape index (κ1) is 16.6. The number of rotatable bonds is 5. The fraction of sp³-hybridized carbons (Fsp3) is 0.471. The number of aryl methyl sites for hydroxylation is 2. The number of hydrogen-bond donors (Lipinski definition) is 0. The van der Waals surface area contributed by atoms with Gasteiger partial charge in [0.25, 0.3) is 0 Å². The van der Waals surface area contributed by atoms with Crippen LogP contribution in [0.4, 0.5) is 4.39 Å². The fourth-order valence-electron chi connectivity index (χ4n) is 2.86. The summed E-state index contributed by atoms with van der Waals surface area (Å²) in [5, 5.41) is 3.90. The predicted octanol–water partition coefficient (Wildman–Crippen LogP) is 1.79. The number of nitrogens with zero attached hydrogens (tertiary/aromatic N) is 4. The van der Waals surface area contributed by atoms with Crippen LogP contribution in [0.2, 0.25) is 0 Å². The van der Waals surface area contributed by atoms with Gasteiger partial charge in [0.15, 0.2) is 5.82 Å². The largest absolute Gasteiger partial charge is 0.340 e. The summed E-state index contributed by atoms with van der Waals surface area (Å²) in [5.74, 6) is 1.11. The van der Waals surface area contributed by atoms with Gasteiger partial charge in [0.2, 0.25) is 11.8 Å². The van der Waals surface area contributed by atoms with E-state index in [4.69, 9.17) is 4.52 Å². The van der Waals surface area contributed by atoms with Crippen molar-refractivity contribution in [3.8, 4) is 0 Å². The van der Waals surface area contributed by atoms with Gasteiger partial charge in [-0.25, -0.2) is 4.39 Å². The number of hydrogen-bond acceptors (Lipinski definition) is 5. The summed E-state index contributed by atoms with van der Waals surface area (Å²) in [7, 11) is 0. The molecule has 0 N–H and O–H groups in total. The van der Waals surface area contributed by atoms with Crippen molar-refractivity contribution in [1.29, 1.82) is 0 Å². The molecule has 6 nitrogen and oxygen atoms in total. The lowest BCUT2D eigenvalue weighted by Crippen LogP contribution is -2.48. The zero-order valence-corrected chi connectivity index (χ0v) is 13.7. The minimum Gasteiger partial charge on any atom is -0.340 e. The van der Waals surface area contributed by atoms with Crippen LogP contribution in [0.1, 0.15) is 23.7 Å². The van der Waals surface area contributed by atoms with Crippen LogP contribution in [-0.4, -0.2) is 52.0 Å². The van der Waals surface area contributed by atoms with E-state index < -0.39 is 0 Å². The van der Waals surface area contributed by atoms with E-state index in [2.05, 4.69) is 15.0 Å². The lowest BCUT2D eigenvalue weighted by Gasteiger charge is -2.34. The van der Waals surface area contributed by atoms with E-state index in [9.17, 15) is 9.18 Å². The Labute approximate surface area is 140 Å². The Morgan fingerprint density at radius 3 is 2.75 bits per heavy atom. The topological polar surface area (TPSA) is 62.5 Å². The Bertz CT molecular complexity index is 695. The smallest absolute Gasteiger partial charge is 0.223 e. The van der Waals surface area contributed by atoms with Crippen molar-refractivity contribution in [2.45, 2.75) is 26.3 Å². The predicted molar refractivity (Wildman–Crippen MR) is 85.6 cm³/mol. The number of halogens is 1. The Morgan fingerprint density at radius 1 is 1.29 bits per heavy atom. The maximum absolute atomic E-state index is 13.2. The number of benzene rings is 1. The summed E-state index contributed by atoms with van der Waals surface area (Å²) in [6, 6.07) is 6.42. The van der Waals surface area contributed by atoms with Gasteiger partial charge in [0.1, 0.15) is 5.82 Å². The van der Waals surface area contributed by atoms with E-state index in [-0.39, 0.29) is 11.7 Å². The third kappa shape index (κ3) is 4.38. The third-order valence-corrected chi connectivity index (χ3v) is 4.18. The molecule has 0 bridgehead atoms. The molecule has 0 radical (unpaired) electrons. The molecule has 0 spiro atoms. The van der Waals surface area contributed by atoms with Crippen LogP contribution in [0.25, 0.3) is 0 Å². The van der Waals surface area contributed by atoms with Gasteiger partial charge in [-0.3, -0.25) is 9.69 Å². The fourth-order valence-corrected chi connectivity index (χ4v) is 2.86. The monoisotopic (exact) mass is 332 g/mol. The maximum atomic E-state index is 13.2. The molecular weight excluding hydrogens is 311 g/mol. The highest BCUT2D eigenvalue weighted by Gasteiger charge is 2.21. The molecule has 2 aromatic rings. The van der Waals surface area contributed by atoms with E-state index in [0.29, 0.717) is 44.2 Å². The van der Waals surface area contributed by atoms with E-state index in [0.717, 1.165) is 18.7 Å². The molecule has 1 aliphatic heterocycles. The molecule has 1 amide bonds. The van der Waals surface area contributed by atoms with E-state index >= 15 is 0 Å². The minimum absolute atomic E-state index is 0.120. The lowest BCUT2D eigenvalue weighted by atomic mass is 10.1. The van der Waals surface area contributed by atoms with Crippen LogP contribution < -0.4 is 0 Å². The molecule has 0 unspecified atom stereocenters.